The molecule has 3 amide bonds. The molecule has 1 aliphatic heterocycles. The van der Waals surface area contributed by atoms with Gasteiger partial charge in [0.05, 0.1) is 0 Å². The molecule has 2 rings (SSSR count). The van der Waals surface area contributed by atoms with Crippen molar-refractivity contribution in [2.45, 2.75) is 66.7 Å². The van der Waals surface area contributed by atoms with E-state index in [2.05, 4.69) is 44.1 Å². The monoisotopic (exact) mass is 354 g/mol. The first-order valence-electron chi connectivity index (χ1n) is 9.34. The predicted molar refractivity (Wildman–Crippen MR) is 107 cm³/mol. The summed E-state index contributed by atoms with van der Waals surface area (Å²) in [6.07, 6.45) is 13.7. The summed E-state index contributed by atoms with van der Waals surface area (Å²) in [6.45, 7) is 11.1. The summed E-state index contributed by atoms with van der Waals surface area (Å²) in [5, 5.41) is 2.14. The van der Waals surface area contributed by atoms with Gasteiger partial charge in [-0.3, -0.25) is 10.1 Å². The first kappa shape index (κ1) is 20.1. The van der Waals surface area contributed by atoms with Gasteiger partial charge in [-0.2, -0.15) is 4.99 Å². The van der Waals surface area contributed by atoms with Gasteiger partial charge >= 0.3 is 6.03 Å². The molecule has 0 radical (unpaired) electrons. The van der Waals surface area contributed by atoms with Gasteiger partial charge in [0, 0.05) is 0 Å². The molecule has 4 heteroatoms. The molecule has 0 spiro atoms. The fourth-order valence-corrected chi connectivity index (χ4v) is 3.71. The number of imide groups is 1. The van der Waals surface area contributed by atoms with Gasteiger partial charge in [-0.15, -0.1) is 0 Å². The van der Waals surface area contributed by atoms with Crippen LogP contribution >= 0.6 is 0 Å². The molecule has 1 N–H and O–H groups in total. The quantitative estimate of drug-likeness (QED) is 0.510. The van der Waals surface area contributed by atoms with Crippen molar-refractivity contribution in [1.29, 1.82) is 0 Å². The van der Waals surface area contributed by atoms with Crippen molar-refractivity contribution >= 4 is 17.6 Å². The zero-order valence-corrected chi connectivity index (χ0v) is 16.6. The second-order valence-electron chi connectivity index (χ2n) is 8.01. The van der Waals surface area contributed by atoms with Gasteiger partial charge in [0.25, 0.3) is 5.91 Å². The number of carbonyl (C=O) groups is 2. The summed E-state index contributed by atoms with van der Waals surface area (Å²) >= 11 is 0. The molecule has 0 aromatic carbocycles. The molecule has 2 aliphatic rings. The number of carbonyl (C=O) groups excluding carboxylic acids is 2. The molecular formula is C22H30N2O2. The normalized spacial score (nSPS) is 21.5. The molecule has 0 fully saturated rings. The molecule has 140 valence electrons. The van der Waals surface area contributed by atoms with E-state index in [0.29, 0.717) is 5.41 Å². The summed E-state index contributed by atoms with van der Waals surface area (Å²) in [7, 11) is 0. The van der Waals surface area contributed by atoms with Crippen LogP contribution in [0.2, 0.25) is 0 Å². The zero-order chi connectivity index (χ0) is 19.3. The Morgan fingerprint density at radius 2 is 2.00 bits per heavy atom. The van der Waals surface area contributed by atoms with E-state index in [1.165, 1.54) is 24.8 Å². The minimum absolute atomic E-state index is 0.166. The molecule has 0 atom stereocenters. The zero-order valence-electron chi connectivity index (χ0n) is 16.6. The number of nitrogens with one attached hydrogen (secondary N) is 1. The highest BCUT2D eigenvalue weighted by Gasteiger charge is 2.27. The Morgan fingerprint density at radius 3 is 2.62 bits per heavy atom. The van der Waals surface area contributed by atoms with Crippen LogP contribution in [0, 0.1) is 5.41 Å². The molecule has 0 saturated heterocycles. The number of hydrogen-bond donors (Lipinski definition) is 1. The molecule has 0 bridgehead atoms. The Hall–Kier alpha value is -2.23. The lowest BCUT2D eigenvalue weighted by molar-refractivity contribution is -0.113. The molecule has 0 aromatic heterocycles. The number of amides is 3. The van der Waals surface area contributed by atoms with E-state index in [4.69, 9.17) is 0 Å². The van der Waals surface area contributed by atoms with Gasteiger partial charge < -0.3 is 0 Å². The van der Waals surface area contributed by atoms with Crippen LogP contribution in [0.1, 0.15) is 66.7 Å². The first-order valence-corrected chi connectivity index (χ1v) is 9.34. The molecule has 1 heterocycles. The molecule has 0 saturated carbocycles. The van der Waals surface area contributed by atoms with Crippen molar-refractivity contribution in [2.75, 3.05) is 0 Å². The maximum atomic E-state index is 11.5. The van der Waals surface area contributed by atoms with Crippen LogP contribution in [0.3, 0.4) is 0 Å². The van der Waals surface area contributed by atoms with Crippen LogP contribution in [0.25, 0.3) is 0 Å². The lowest BCUT2D eigenvalue weighted by Gasteiger charge is -2.34. The van der Waals surface area contributed by atoms with Crippen LogP contribution in [-0.4, -0.2) is 17.6 Å². The van der Waals surface area contributed by atoms with Crippen molar-refractivity contribution in [2.24, 2.45) is 10.4 Å². The third-order valence-electron chi connectivity index (χ3n) is 5.23. The highest BCUT2D eigenvalue weighted by Crippen LogP contribution is 2.42. The maximum Gasteiger partial charge on any atom is 0.348 e. The van der Waals surface area contributed by atoms with Crippen LogP contribution in [0.15, 0.2) is 51.6 Å². The van der Waals surface area contributed by atoms with E-state index >= 15 is 0 Å². The summed E-state index contributed by atoms with van der Waals surface area (Å²) < 4.78 is 0. The lowest BCUT2D eigenvalue weighted by Crippen LogP contribution is -2.24. The van der Waals surface area contributed by atoms with Crippen LogP contribution < -0.4 is 5.32 Å². The number of allylic oxidation sites excluding steroid dienone is 7. The Morgan fingerprint density at radius 1 is 1.27 bits per heavy atom. The maximum absolute atomic E-state index is 11.5. The van der Waals surface area contributed by atoms with Gasteiger partial charge in [0.15, 0.2) is 0 Å². The SMILES string of the molecule is CC1=C(CC/C(C)=C/C=C/C(C)=C/C2=NC(=O)NC2=O)C(C)(C)CCC1. The third kappa shape index (κ3) is 5.38. The average Bonchev–Trinajstić information content (AvgIpc) is 2.83. The molecule has 1 aliphatic carbocycles. The number of hydrogen-bond acceptors (Lipinski definition) is 2. The second kappa shape index (κ2) is 8.43. The van der Waals surface area contributed by atoms with Crippen LogP contribution in [0.4, 0.5) is 4.79 Å². The second-order valence-corrected chi connectivity index (χ2v) is 8.01. The van der Waals surface area contributed by atoms with Crippen molar-refractivity contribution < 1.29 is 9.59 Å². The standard InChI is InChI=1S/C22H30N2O2/c1-15(11-12-18-17(3)10-7-13-22(18,4)5)8-6-9-16(2)14-19-20(25)24-21(26)23-19/h6,8-9,14H,7,10-13H2,1-5H3,(H,24,25,26)/b9-6+,15-8+,16-14+. The molecule has 4 nitrogen and oxygen atoms in total. The average molecular weight is 354 g/mol. The minimum atomic E-state index is -0.594. The molecule has 26 heavy (non-hydrogen) atoms. The minimum Gasteiger partial charge on any atom is -0.271 e. The Balaban J connectivity index is 1.94. The number of nitrogens with zero attached hydrogens (tertiary/aromatic N) is 1. The fraction of sp³-hybridized carbons (Fsp3) is 0.500. The van der Waals surface area contributed by atoms with Crippen LogP contribution in [0.5, 0.6) is 0 Å². The Bertz CT molecular complexity index is 746. The van der Waals surface area contributed by atoms with E-state index < -0.39 is 11.9 Å². The van der Waals surface area contributed by atoms with Crippen molar-refractivity contribution in [3.8, 4) is 0 Å². The van der Waals surface area contributed by atoms with Gasteiger partial charge in [-0.1, -0.05) is 48.8 Å². The first-order chi connectivity index (χ1) is 12.2. The summed E-state index contributed by atoms with van der Waals surface area (Å²) in [5.41, 5.74) is 5.92. The smallest absolute Gasteiger partial charge is 0.271 e. The molecular weight excluding hydrogens is 324 g/mol. The van der Waals surface area contributed by atoms with E-state index in [1.54, 1.807) is 17.2 Å². The summed E-state index contributed by atoms with van der Waals surface area (Å²) in [4.78, 5) is 26.1. The third-order valence-corrected chi connectivity index (χ3v) is 5.23. The van der Waals surface area contributed by atoms with E-state index in [0.717, 1.165) is 18.4 Å². The van der Waals surface area contributed by atoms with Gasteiger partial charge in [0.1, 0.15) is 5.71 Å². The number of rotatable bonds is 6. The Labute approximate surface area is 156 Å². The highest BCUT2D eigenvalue weighted by molar-refractivity contribution is 6.50. The number of aliphatic imine (C=N–C) groups is 1. The molecule has 0 aromatic rings. The largest absolute Gasteiger partial charge is 0.348 e. The van der Waals surface area contributed by atoms with Gasteiger partial charge in [0.2, 0.25) is 0 Å². The topological polar surface area (TPSA) is 58.5 Å². The number of urea groups is 1. The predicted octanol–water partition coefficient (Wildman–Crippen LogP) is 5.43. The lowest BCUT2D eigenvalue weighted by atomic mass is 9.71. The summed E-state index contributed by atoms with van der Waals surface area (Å²) in [5.74, 6) is -0.437. The Kier molecular flexibility index (Phi) is 6.52. The van der Waals surface area contributed by atoms with E-state index in [1.807, 2.05) is 19.1 Å². The fourth-order valence-electron chi connectivity index (χ4n) is 3.71. The molecule has 0 unspecified atom stereocenters. The van der Waals surface area contributed by atoms with Crippen molar-refractivity contribution in [1.82, 2.24) is 5.32 Å². The van der Waals surface area contributed by atoms with Crippen LogP contribution in [-0.2, 0) is 4.79 Å². The van der Waals surface area contributed by atoms with Gasteiger partial charge in [-0.05, 0) is 69.9 Å². The van der Waals surface area contributed by atoms with Crippen molar-refractivity contribution in [3.63, 3.8) is 0 Å². The summed E-state index contributed by atoms with van der Waals surface area (Å²) in [6, 6.07) is -0.594. The highest BCUT2D eigenvalue weighted by atomic mass is 16.2. The van der Waals surface area contributed by atoms with E-state index in [-0.39, 0.29) is 5.71 Å². The van der Waals surface area contributed by atoms with E-state index in [9.17, 15) is 9.59 Å². The van der Waals surface area contributed by atoms with Gasteiger partial charge in [-0.25, -0.2) is 4.79 Å². The van der Waals surface area contributed by atoms with Crippen molar-refractivity contribution in [3.05, 3.63) is 46.6 Å².